The molecule has 1 N–H and O–H groups in total. The van der Waals surface area contributed by atoms with E-state index < -0.39 is 0 Å². The molecule has 2 fully saturated rings. The summed E-state index contributed by atoms with van der Waals surface area (Å²) in [6, 6.07) is 9.56. The van der Waals surface area contributed by atoms with Crippen LogP contribution in [0.1, 0.15) is 45.6 Å². The van der Waals surface area contributed by atoms with Crippen molar-refractivity contribution in [1.82, 2.24) is 5.32 Å². The zero-order valence-electron chi connectivity index (χ0n) is 12.2. The van der Waals surface area contributed by atoms with Crippen molar-refractivity contribution in [2.45, 2.75) is 52.6 Å². The maximum atomic E-state index is 3.88. The number of rotatable bonds is 3. The molecule has 1 aromatic rings. The molecule has 0 heterocycles. The maximum Gasteiger partial charge on any atom is 0.0208 e. The minimum Gasteiger partial charge on any atom is -0.309 e. The molecule has 2 aliphatic carbocycles. The predicted octanol–water partition coefficient (Wildman–Crippen LogP) is 4.60. The summed E-state index contributed by atoms with van der Waals surface area (Å²) in [4.78, 5) is 0. The summed E-state index contributed by atoms with van der Waals surface area (Å²) >= 11 is 2.37. The van der Waals surface area contributed by atoms with Crippen molar-refractivity contribution in [3.8, 4) is 0 Å². The summed E-state index contributed by atoms with van der Waals surface area (Å²) in [6.45, 7) is 8.43. The highest BCUT2D eigenvalue weighted by atomic mass is 127. The molecule has 104 valence electrons. The first-order valence-electron chi connectivity index (χ1n) is 7.40. The fourth-order valence-corrected chi connectivity index (χ4v) is 4.99. The van der Waals surface area contributed by atoms with Gasteiger partial charge in [0.1, 0.15) is 0 Å². The Balaban J connectivity index is 1.71. The minimum absolute atomic E-state index is 0.455. The molecule has 0 saturated heterocycles. The summed E-state index contributed by atoms with van der Waals surface area (Å²) in [6.07, 6.45) is 4.26. The monoisotopic (exact) mass is 369 g/mol. The maximum absolute atomic E-state index is 3.88. The lowest BCUT2D eigenvalue weighted by Crippen LogP contribution is -2.49. The Bertz CT molecular complexity index is 460. The highest BCUT2D eigenvalue weighted by molar-refractivity contribution is 14.1. The van der Waals surface area contributed by atoms with Crippen LogP contribution in [0.25, 0.3) is 0 Å². The smallest absolute Gasteiger partial charge is 0.0208 e. The molecule has 3 atom stereocenters. The van der Waals surface area contributed by atoms with E-state index in [0.29, 0.717) is 16.9 Å². The van der Waals surface area contributed by atoms with Crippen LogP contribution in [0, 0.1) is 20.3 Å². The second-order valence-corrected chi connectivity index (χ2v) is 8.60. The summed E-state index contributed by atoms with van der Waals surface area (Å²) in [5, 5.41) is 3.88. The number of nitrogens with one attached hydrogen (secondary N) is 1. The Labute approximate surface area is 130 Å². The van der Waals surface area contributed by atoms with E-state index in [1.807, 2.05) is 0 Å². The van der Waals surface area contributed by atoms with Crippen molar-refractivity contribution in [2.75, 3.05) is 0 Å². The second-order valence-electron chi connectivity index (χ2n) is 7.36. The van der Waals surface area contributed by atoms with Crippen LogP contribution >= 0.6 is 22.6 Å². The molecule has 2 aliphatic rings. The van der Waals surface area contributed by atoms with Gasteiger partial charge in [0.05, 0.1) is 0 Å². The van der Waals surface area contributed by atoms with Gasteiger partial charge in [-0.2, -0.15) is 0 Å². The number of hydrogen-bond acceptors (Lipinski definition) is 1. The highest BCUT2D eigenvalue weighted by Crippen LogP contribution is 2.62. The third-order valence-electron chi connectivity index (χ3n) is 5.69. The van der Waals surface area contributed by atoms with Gasteiger partial charge in [0, 0.05) is 16.2 Å². The summed E-state index contributed by atoms with van der Waals surface area (Å²) in [5.74, 6) is 0.923. The lowest BCUT2D eigenvalue weighted by atomic mass is 9.68. The van der Waals surface area contributed by atoms with E-state index in [4.69, 9.17) is 0 Å². The Hall–Kier alpha value is -0.0900. The van der Waals surface area contributed by atoms with Crippen molar-refractivity contribution in [3.63, 3.8) is 0 Å². The molecule has 2 saturated carbocycles. The van der Waals surface area contributed by atoms with E-state index in [9.17, 15) is 0 Å². The zero-order valence-corrected chi connectivity index (χ0v) is 14.3. The molecule has 0 radical (unpaired) electrons. The first-order valence-corrected chi connectivity index (χ1v) is 8.47. The standard InChI is InChI=1S/C17H24IN/c1-16(2)13-8-9-17(3,10-13)15(16)19-11-12-4-6-14(18)7-5-12/h4-7,13,15,19H,8-11H2,1-3H3. The molecule has 3 rings (SSSR count). The quantitative estimate of drug-likeness (QED) is 0.769. The van der Waals surface area contributed by atoms with Crippen molar-refractivity contribution in [1.29, 1.82) is 0 Å². The lowest BCUT2D eigenvalue weighted by molar-refractivity contribution is 0.108. The summed E-state index contributed by atoms with van der Waals surface area (Å²) in [7, 11) is 0. The van der Waals surface area contributed by atoms with Crippen molar-refractivity contribution in [2.24, 2.45) is 16.7 Å². The molecule has 1 nitrogen and oxygen atoms in total. The third kappa shape index (κ3) is 2.35. The predicted molar refractivity (Wildman–Crippen MR) is 89.0 cm³/mol. The van der Waals surface area contributed by atoms with Crippen LogP contribution in [-0.2, 0) is 6.54 Å². The Morgan fingerprint density at radius 2 is 1.89 bits per heavy atom. The van der Waals surface area contributed by atoms with E-state index in [1.54, 1.807) is 0 Å². The average molecular weight is 369 g/mol. The van der Waals surface area contributed by atoms with Crippen LogP contribution in [0.2, 0.25) is 0 Å². The van der Waals surface area contributed by atoms with E-state index in [0.717, 1.165) is 12.5 Å². The van der Waals surface area contributed by atoms with Crippen molar-refractivity contribution in [3.05, 3.63) is 33.4 Å². The third-order valence-corrected chi connectivity index (χ3v) is 6.41. The normalized spacial score (nSPS) is 35.8. The van der Waals surface area contributed by atoms with Crippen LogP contribution in [-0.4, -0.2) is 6.04 Å². The number of halogens is 1. The van der Waals surface area contributed by atoms with Gasteiger partial charge in [-0.05, 0) is 76.3 Å². The van der Waals surface area contributed by atoms with Gasteiger partial charge in [0.25, 0.3) is 0 Å². The molecule has 3 unspecified atom stereocenters. The van der Waals surface area contributed by atoms with Gasteiger partial charge >= 0.3 is 0 Å². The Morgan fingerprint density at radius 3 is 2.47 bits per heavy atom. The number of benzene rings is 1. The molecule has 2 heteroatoms. The lowest BCUT2D eigenvalue weighted by Gasteiger charge is -2.43. The topological polar surface area (TPSA) is 12.0 Å². The van der Waals surface area contributed by atoms with Crippen LogP contribution in [0.3, 0.4) is 0 Å². The molecule has 0 amide bonds. The second kappa shape index (κ2) is 4.73. The average Bonchev–Trinajstić information content (AvgIpc) is 2.82. The van der Waals surface area contributed by atoms with Gasteiger partial charge in [-0.15, -0.1) is 0 Å². The van der Waals surface area contributed by atoms with Crippen molar-refractivity contribution >= 4 is 22.6 Å². The zero-order chi connectivity index (χ0) is 13.7. The molecule has 0 spiro atoms. The fourth-order valence-electron chi connectivity index (χ4n) is 4.63. The summed E-state index contributed by atoms with van der Waals surface area (Å²) in [5.41, 5.74) is 2.38. The molecule has 19 heavy (non-hydrogen) atoms. The van der Waals surface area contributed by atoms with Crippen LogP contribution in [0.15, 0.2) is 24.3 Å². The van der Waals surface area contributed by atoms with Crippen LogP contribution < -0.4 is 5.32 Å². The van der Waals surface area contributed by atoms with Crippen LogP contribution in [0.4, 0.5) is 0 Å². The first kappa shape index (κ1) is 13.9. The fraction of sp³-hybridized carbons (Fsp3) is 0.647. The number of hydrogen-bond donors (Lipinski definition) is 1. The largest absolute Gasteiger partial charge is 0.309 e. The SMILES string of the molecule is CC12CCC(C1)C(C)(C)C2NCc1ccc(I)cc1. The molecule has 2 bridgehead atoms. The molecular formula is C17H24IN. The van der Waals surface area contributed by atoms with E-state index in [-0.39, 0.29) is 0 Å². The Morgan fingerprint density at radius 1 is 1.21 bits per heavy atom. The minimum atomic E-state index is 0.455. The summed E-state index contributed by atoms with van der Waals surface area (Å²) < 4.78 is 1.31. The van der Waals surface area contributed by atoms with Gasteiger partial charge in [-0.25, -0.2) is 0 Å². The van der Waals surface area contributed by atoms with E-state index >= 15 is 0 Å². The molecule has 0 aliphatic heterocycles. The molecule has 0 aromatic heterocycles. The van der Waals surface area contributed by atoms with E-state index in [1.165, 1.54) is 28.4 Å². The first-order chi connectivity index (χ1) is 8.92. The van der Waals surface area contributed by atoms with Gasteiger partial charge in [0.15, 0.2) is 0 Å². The molecular weight excluding hydrogens is 345 g/mol. The van der Waals surface area contributed by atoms with Crippen LogP contribution in [0.5, 0.6) is 0 Å². The van der Waals surface area contributed by atoms with Gasteiger partial charge < -0.3 is 5.32 Å². The van der Waals surface area contributed by atoms with Gasteiger partial charge in [-0.3, -0.25) is 0 Å². The Kier molecular flexibility index (Phi) is 3.45. The van der Waals surface area contributed by atoms with Gasteiger partial charge in [0.2, 0.25) is 0 Å². The van der Waals surface area contributed by atoms with Gasteiger partial charge in [-0.1, -0.05) is 32.9 Å². The van der Waals surface area contributed by atoms with E-state index in [2.05, 4.69) is 72.9 Å². The van der Waals surface area contributed by atoms with Crippen molar-refractivity contribution < 1.29 is 0 Å². The molecule has 1 aromatic carbocycles. The number of fused-ring (bicyclic) bond motifs is 2. The highest BCUT2D eigenvalue weighted by Gasteiger charge is 2.58.